The minimum Gasteiger partial charge on any atom is -0.312 e. The number of thiophene rings is 1. The zero-order chi connectivity index (χ0) is 22.8. The standard InChI is InChI=1S/C25H25N3O2S2/c1-5-27(19-10-6-8-16(2)14-19)22(29)15-32-25-26-20-12-13-31-23(20)24(30)28(25)21-11-7-9-17(3)18(21)4/h6-14H,5,15H2,1-4H3. The van der Waals surface area contributed by atoms with Crippen molar-refractivity contribution in [2.75, 3.05) is 17.2 Å². The molecule has 2 aromatic heterocycles. The molecule has 0 saturated heterocycles. The third-order valence-corrected chi connectivity index (χ3v) is 7.34. The number of aryl methyl sites for hydroxylation is 2. The minimum absolute atomic E-state index is 0.0183. The lowest BCUT2D eigenvalue weighted by Crippen LogP contribution is -2.32. The van der Waals surface area contributed by atoms with Gasteiger partial charge in [0.1, 0.15) is 4.70 Å². The second kappa shape index (κ2) is 9.30. The van der Waals surface area contributed by atoms with Gasteiger partial charge >= 0.3 is 0 Å². The van der Waals surface area contributed by atoms with Gasteiger partial charge in [-0.15, -0.1) is 11.3 Å². The topological polar surface area (TPSA) is 55.2 Å². The van der Waals surface area contributed by atoms with Crippen LogP contribution in [0.5, 0.6) is 0 Å². The SMILES string of the molecule is CCN(C(=O)CSc1nc2ccsc2c(=O)n1-c1cccc(C)c1C)c1cccc(C)c1. The number of carbonyl (C=O) groups is 1. The van der Waals surface area contributed by atoms with Crippen LogP contribution in [0.25, 0.3) is 15.9 Å². The fourth-order valence-electron chi connectivity index (χ4n) is 3.68. The van der Waals surface area contributed by atoms with Crippen LogP contribution < -0.4 is 10.5 Å². The van der Waals surface area contributed by atoms with E-state index in [2.05, 4.69) is 0 Å². The summed E-state index contributed by atoms with van der Waals surface area (Å²) in [5, 5.41) is 2.41. The molecule has 5 nitrogen and oxygen atoms in total. The molecule has 2 aromatic carbocycles. The molecule has 1 amide bonds. The molecule has 7 heteroatoms. The van der Waals surface area contributed by atoms with E-state index in [1.54, 1.807) is 9.47 Å². The zero-order valence-electron chi connectivity index (χ0n) is 18.6. The number of anilines is 1. The lowest BCUT2D eigenvalue weighted by molar-refractivity contribution is -0.116. The van der Waals surface area contributed by atoms with E-state index in [9.17, 15) is 9.59 Å². The van der Waals surface area contributed by atoms with Crippen molar-refractivity contribution < 1.29 is 4.79 Å². The molecule has 0 aliphatic heterocycles. The summed E-state index contributed by atoms with van der Waals surface area (Å²) >= 11 is 2.70. The Hall–Kier alpha value is -2.90. The van der Waals surface area contributed by atoms with Crippen molar-refractivity contribution in [2.45, 2.75) is 32.9 Å². The van der Waals surface area contributed by atoms with Gasteiger partial charge in [0.15, 0.2) is 5.16 Å². The van der Waals surface area contributed by atoms with E-state index in [1.165, 1.54) is 23.1 Å². The lowest BCUT2D eigenvalue weighted by Gasteiger charge is -2.22. The third-order valence-electron chi connectivity index (χ3n) is 5.52. The Bertz CT molecular complexity index is 1360. The van der Waals surface area contributed by atoms with Crippen molar-refractivity contribution in [3.8, 4) is 5.69 Å². The van der Waals surface area contributed by atoms with Gasteiger partial charge in [0, 0.05) is 12.2 Å². The minimum atomic E-state index is -0.0975. The Kier molecular flexibility index (Phi) is 6.48. The molecule has 0 aliphatic rings. The van der Waals surface area contributed by atoms with Gasteiger partial charge in [-0.25, -0.2) is 4.98 Å². The summed E-state index contributed by atoms with van der Waals surface area (Å²) in [6.45, 7) is 8.58. The van der Waals surface area contributed by atoms with Crippen molar-refractivity contribution in [1.29, 1.82) is 0 Å². The van der Waals surface area contributed by atoms with Gasteiger partial charge < -0.3 is 4.90 Å². The van der Waals surface area contributed by atoms with E-state index < -0.39 is 0 Å². The largest absolute Gasteiger partial charge is 0.312 e. The Balaban J connectivity index is 1.72. The van der Waals surface area contributed by atoms with E-state index in [1.807, 2.05) is 81.6 Å². The summed E-state index contributed by atoms with van der Waals surface area (Å²) in [4.78, 5) is 33.0. The Labute approximate surface area is 195 Å². The molecule has 164 valence electrons. The van der Waals surface area contributed by atoms with Gasteiger partial charge in [-0.2, -0.15) is 0 Å². The molecule has 0 N–H and O–H groups in total. The predicted octanol–water partition coefficient (Wildman–Crippen LogP) is 5.52. The molecular weight excluding hydrogens is 438 g/mol. The summed E-state index contributed by atoms with van der Waals surface area (Å²) in [6, 6.07) is 15.7. The maximum Gasteiger partial charge on any atom is 0.276 e. The molecule has 32 heavy (non-hydrogen) atoms. The maximum atomic E-state index is 13.4. The van der Waals surface area contributed by atoms with E-state index >= 15 is 0 Å². The van der Waals surface area contributed by atoms with Gasteiger partial charge in [-0.3, -0.25) is 14.2 Å². The number of aromatic nitrogens is 2. The Morgan fingerprint density at radius 1 is 1.12 bits per heavy atom. The molecule has 0 radical (unpaired) electrons. The highest BCUT2D eigenvalue weighted by Gasteiger charge is 2.20. The van der Waals surface area contributed by atoms with Crippen molar-refractivity contribution in [2.24, 2.45) is 0 Å². The second-order valence-electron chi connectivity index (χ2n) is 7.65. The van der Waals surface area contributed by atoms with E-state index in [-0.39, 0.29) is 17.2 Å². The van der Waals surface area contributed by atoms with Crippen molar-refractivity contribution >= 4 is 44.9 Å². The van der Waals surface area contributed by atoms with Crippen LogP contribution in [0, 0.1) is 20.8 Å². The molecule has 4 rings (SSSR count). The van der Waals surface area contributed by atoms with Crippen molar-refractivity contribution in [3.05, 3.63) is 81.0 Å². The number of thioether (sulfide) groups is 1. The van der Waals surface area contributed by atoms with Gasteiger partial charge in [0.25, 0.3) is 5.56 Å². The van der Waals surface area contributed by atoms with Crippen LogP contribution in [-0.2, 0) is 4.79 Å². The summed E-state index contributed by atoms with van der Waals surface area (Å²) in [7, 11) is 0. The average Bonchev–Trinajstić information content (AvgIpc) is 3.24. The first-order chi connectivity index (χ1) is 15.4. The first kappa shape index (κ1) is 22.3. The van der Waals surface area contributed by atoms with Crippen LogP contribution in [0.1, 0.15) is 23.6 Å². The normalized spacial score (nSPS) is 11.1. The highest BCUT2D eigenvalue weighted by Crippen LogP contribution is 2.27. The number of amides is 1. The predicted molar refractivity (Wildman–Crippen MR) is 135 cm³/mol. The van der Waals surface area contributed by atoms with Crippen LogP contribution >= 0.6 is 23.1 Å². The van der Waals surface area contributed by atoms with Gasteiger partial charge in [0.05, 0.1) is 17.0 Å². The second-order valence-corrected chi connectivity index (χ2v) is 9.51. The molecule has 0 saturated carbocycles. The number of benzene rings is 2. The molecule has 0 fully saturated rings. The van der Waals surface area contributed by atoms with E-state index in [4.69, 9.17) is 4.98 Å². The van der Waals surface area contributed by atoms with Crippen LogP contribution in [0.3, 0.4) is 0 Å². The van der Waals surface area contributed by atoms with E-state index in [0.29, 0.717) is 21.9 Å². The number of fused-ring (bicyclic) bond motifs is 1. The highest BCUT2D eigenvalue weighted by atomic mass is 32.2. The molecule has 0 atom stereocenters. The molecule has 0 spiro atoms. The molecule has 0 aliphatic carbocycles. The molecule has 2 heterocycles. The number of nitrogens with zero attached hydrogens (tertiary/aromatic N) is 3. The van der Waals surface area contributed by atoms with Gasteiger partial charge in [-0.1, -0.05) is 36.0 Å². The number of carbonyl (C=O) groups excluding carboxylic acids is 1. The maximum absolute atomic E-state index is 13.4. The van der Waals surface area contributed by atoms with Gasteiger partial charge in [0.2, 0.25) is 5.91 Å². The Morgan fingerprint density at radius 3 is 2.66 bits per heavy atom. The summed E-state index contributed by atoms with van der Waals surface area (Å²) in [5.74, 6) is 0.171. The average molecular weight is 464 g/mol. The van der Waals surface area contributed by atoms with Crippen LogP contribution in [0.2, 0.25) is 0 Å². The highest BCUT2D eigenvalue weighted by molar-refractivity contribution is 7.99. The molecule has 0 unspecified atom stereocenters. The third kappa shape index (κ3) is 4.23. The smallest absolute Gasteiger partial charge is 0.276 e. The fourth-order valence-corrected chi connectivity index (χ4v) is 5.32. The number of hydrogen-bond donors (Lipinski definition) is 0. The molecular formula is C25H25N3O2S2. The van der Waals surface area contributed by atoms with Crippen molar-refractivity contribution in [1.82, 2.24) is 9.55 Å². The molecule has 4 aromatic rings. The monoisotopic (exact) mass is 463 g/mol. The Morgan fingerprint density at radius 2 is 1.91 bits per heavy atom. The summed E-state index contributed by atoms with van der Waals surface area (Å²) in [5.41, 5.74) is 5.49. The number of hydrogen-bond acceptors (Lipinski definition) is 5. The first-order valence-corrected chi connectivity index (χ1v) is 12.3. The van der Waals surface area contributed by atoms with E-state index in [0.717, 1.165) is 28.1 Å². The lowest BCUT2D eigenvalue weighted by atomic mass is 10.1. The van der Waals surface area contributed by atoms with Gasteiger partial charge in [-0.05, 0) is 74.0 Å². The summed E-state index contributed by atoms with van der Waals surface area (Å²) < 4.78 is 2.28. The van der Waals surface area contributed by atoms with Crippen LogP contribution in [0.15, 0.2) is 63.9 Å². The quantitative estimate of drug-likeness (QED) is 0.279. The molecule has 0 bridgehead atoms. The van der Waals surface area contributed by atoms with Crippen LogP contribution in [0.4, 0.5) is 5.69 Å². The number of rotatable bonds is 6. The fraction of sp³-hybridized carbons (Fsp3) is 0.240. The van der Waals surface area contributed by atoms with Crippen molar-refractivity contribution in [3.63, 3.8) is 0 Å². The first-order valence-electron chi connectivity index (χ1n) is 10.5. The van der Waals surface area contributed by atoms with Crippen LogP contribution in [-0.4, -0.2) is 27.8 Å². The summed E-state index contributed by atoms with van der Waals surface area (Å²) in [6.07, 6.45) is 0. The zero-order valence-corrected chi connectivity index (χ0v) is 20.2.